The second-order valence-corrected chi connectivity index (χ2v) is 7.11. The Hall–Kier alpha value is -1.87. The Bertz CT molecular complexity index is 603. The van der Waals surface area contributed by atoms with Crippen LogP contribution in [0.3, 0.4) is 0 Å². The van der Waals surface area contributed by atoms with Gasteiger partial charge in [-0.05, 0) is 23.6 Å². The Balaban J connectivity index is 1.65. The highest BCUT2D eigenvalue weighted by Crippen LogP contribution is 2.28. The molecule has 1 atom stereocenters. The lowest BCUT2D eigenvalue weighted by Gasteiger charge is -2.26. The number of carbonyl (C=O) groups is 1. The van der Waals surface area contributed by atoms with Gasteiger partial charge >= 0.3 is 5.97 Å². The number of ether oxygens (including phenoxy) is 1. The van der Waals surface area contributed by atoms with E-state index in [1.54, 1.807) is 6.08 Å². The van der Waals surface area contributed by atoms with Crippen molar-refractivity contribution in [3.8, 4) is 0 Å². The maximum Gasteiger partial charge on any atom is 0.308 e. The van der Waals surface area contributed by atoms with Crippen molar-refractivity contribution in [1.29, 1.82) is 0 Å². The predicted molar refractivity (Wildman–Crippen MR) is 106 cm³/mol. The fourth-order valence-corrected chi connectivity index (χ4v) is 3.18. The molecule has 1 aromatic rings. The van der Waals surface area contributed by atoms with E-state index in [1.165, 1.54) is 38.5 Å². The van der Waals surface area contributed by atoms with Crippen LogP contribution >= 0.6 is 0 Å². The monoisotopic (exact) mass is 356 g/mol. The Morgan fingerprint density at radius 3 is 2.31 bits per heavy atom. The van der Waals surface area contributed by atoms with E-state index in [9.17, 15) is 9.90 Å². The molecule has 3 heteroatoms. The van der Waals surface area contributed by atoms with Gasteiger partial charge in [0.15, 0.2) is 0 Å². The van der Waals surface area contributed by atoms with E-state index >= 15 is 0 Å². The molecule has 2 rings (SSSR count). The summed E-state index contributed by atoms with van der Waals surface area (Å²) >= 11 is 0. The smallest absolute Gasteiger partial charge is 0.308 e. The third-order valence-electron chi connectivity index (χ3n) is 4.77. The van der Waals surface area contributed by atoms with E-state index in [-0.39, 0.29) is 12.4 Å². The number of hydrogen-bond acceptors (Lipinski definition) is 3. The molecule has 3 nitrogen and oxygen atoms in total. The van der Waals surface area contributed by atoms with Gasteiger partial charge in [-0.15, -0.1) is 0 Å². The van der Waals surface area contributed by atoms with Crippen LogP contribution in [0.15, 0.2) is 48.6 Å². The first kappa shape index (κ1) is 20.4. The molecule has 0 fully saturated rings. The molecular weight excluding hydrogens is 324 g/mol. The molecule has 1 aliphatic rings. The molecule has 1 aliphatic carbocycles. The number of esters is 1. The Morgan fingerprint density at radius 1 is 1.04 bits per heavy atom. The van der Waals surface area contributed by atoms with E-state index in [0.29, 0.717) is 6.42 Å². The van der Waals surface area contributed by atoms with Gasteiger partial charge in [0.1, 0.15) is 0 Å². The minimum Gasteiger partial charge on any atom is -0.429 e. The van der Waals surface area contributed by atoms with Gasteiger partial charge in [0.25, 0.3) is 0 Å². The topological polar surface area (TPSA) is 46.5 Å². The van der Waals surface area contributed by atoms with Gasteiger partial charge in [0.05, 0.1) is 0 Å². The van der Waals surface area contributed by atoms with Crippen molar-refractivity contribution in [2.45, 2.75) is 76.9 Å². The molecule has 0 saturated heterocycles. The van der Waals surface area contributed by atoms with Crippen molar-refractivity contribution in [1.82, 2.24) is 0 Å². The zero-order chi connectivity index (χ0) is 18.7. The van der Waals surface area contributed by atoms with Crippen molar-refractivity contribution in [2.24, 2.45) is 0 Å². The lowest BCUT2D eigenvalue weighted by Crippen LogP contribution is -2.33. The first-order valence-corrected chi connectivity index (χ1v) is 10.0. The van der Waals surface area contributed by atoms with Crippen LogP contribution in [-0.2, 0) is 9.53 Å². The van der Waals surface area contributed by atoms with E-state index in [2.05, 4.69) is 6.92 Å². The van der Waals surface area contributed by atoms with E-state index in [0.717, 1.165) is 24.0 Å². The molecule has 0 radical (unpaired) electrons. The maximum absolute atomic E-state index is 12.0. The quantitative estimate of drug-likeness (QED) is 0.310. The van der Waals surface area contributed by atoms with E-state index < -0.39 is 5.79 Å². The van der Waals surface area contributed by atoms with Gasteiger partial charge in [-0.2, -0.15) is 0 Å². The minimum absolute atomic E-state index is 0.289. The van der Waals surface area contributed by atoms with Gasteiger partial charge in [0.2, 0.25) is 5.79 Å². The molecule has 0 aromatic heterocycles. The van der Waals surface area contributed by atoms with Gasteiger partial charge in [-0.3, -0.25) is 4.79 Å². The SMILES string of the molecule is CCCCCCCCCCC(=O)OC1(O)C=CC(c2ccccc2)=CC1. The van der Waals surface area contributed by atoms with Crippen molar-refractivity contribution >= 4 is 11.5 Å². The van der Waals surface area contributed by atoms with Crippen LogP contribution in [0.5, 0.6) is 0 Å². The molecule has 1 aromatic carbocycles. The van der Waals surface area contributed by atoms with E-state index in [4.69, 9.17) is 4.74 Å². The number of hydrogen-bond donors (Lipinski definition) is 1. The molecule has 142 valence electrons. The van der Waals surface area contributed by atoms with E-state index in [1.807, 2.05) is 42.5 Å². The second-order valence-electron chi connectivity index (χ2n) is 7.11. The summed E-state index contributed by atoms with van der Waals surface area (Å²) in [5.41, 5.74) is 2.13. The molecule has 26 heavy (non-hydrogen) atoms. The normalized spacial score (nSPS) is 19.2. The molecule has 0 amide bonds. The third kappa shape index (κ3) is 7.17. The average Bonchev–Trinajstić information content (AvgIpc) is 2.65. The summed E-state index contributed by atoms with van der Waals surface area (Å²) < 4.78 is 5.31. The summed E-state index contributed by atoms with van der Waals surface area (Å²) in [4.78, 5) is 12.0. The molecular formula is C23H32O3. The molecule has 0 bridgehead atoms. The minimum atomic E-state index is -1.50. The van der Waals surface area contributed by atoms with Crippen LogP contribution in [0.4, 0.5) is 0 Å². The van der Waals surface area contributed by atoms with Gasteiger partial charge in [-0.25, -0.2) is 0 Å². The van der Waals surface area contributed by atoms with Crippen LogP contribution < -0.4 is 0 Å². The van der Waals surface area contributed by atoms with Crippen LogP contribution in [0, 0.1) is 0 Å². The molecule has 0 aliphatic heterocycles. The first-order valence-electron chi connectivity index (χ1n) is 10.0. The largest absolute Gasteiger partial charge is 0.429 e. The molecule has 1 unspecified atom stereocenters. The van der Waals surface area contributed by atoms with Crippen LogP contribution in [0.1, 0.15) is 76.7 Å². The number of rotatable bonds is 11. The fraction of sp³-hybridized carbons (Fsp3) is 0.522. The lowest BCUT2D eigenvalue weighted by atomic mass is 9.96. The second kappa shape index (κ2) is 11.0. The standard InChI is InChI=1S/C23H32O3/c1-2-3-4-5-6-7-8-12-15-22(24)26-23(25)18-16-21(17-19-23)20-13-10-9-11-14-20/h9-11,13-14,16-18,25H,2-8,12,15,19H2,1H3. The molecule has 0 heterocycles. The molecule has 1 N–H and O–H groups in total. The molecule has 0 saturated carbocycles. The first-order chi connectivity index (χ1) is 12.6. The summed E-state index contributed by atoms with van der Waals surface area (Å²) in [5.74, 6) is -1.82. The summed E-state index contributed by atoms with van der Waals surface area (Å²) in [6, 6.07) is 9.98. The third-order valence-corrected chi connectivity index (χ3v) is 4.77. The summed E-state index contributed by atoms with van der Waals surface area (Å²) in [7, 11) is 0. The Labute approximate surface area is 157 Å². The van der Waals surface area contributed by atoms with Gasteiger partial charge < -0.3 is 9.84 Å². The highest BCUT2D eigenvalue weighted by Gasteiger charge is 2.29. The van der Waals surface area contributed by atoms with Crippen molar-refractivity contribution < 1.29 is 14.6 Å². The van der Waals surface area contributed by atoms with Crippen LogP contribution in [0.25, 0.3) is 5.57 Å². The van der Waals surface area contributed by atoms with Gasteiger partial charge in [0, 0.05) is 12.8 Å². The van der Waals surface area contributed by atoms with Crippen LogP contribution in [-0.4, -0.2) is 16.9 Å². The van der Waals surface area contributed by atoms with Crippen molar-refractivity contribution in [2.75, 3.05) is 0 Å². The van der Waals surface area contributed by atoms with Crippen molar-refractivity contribution in [3.63, 3.8) is 0 Å². The Morgan fingerprint density at radius 2 is 1.69 bits per heavy atom. The summed E-state index contributed by atoms with van der Waals surface area (Å²) in [5, 5.41) is 10.5. The zero-order valence-corrected chi connectivity index (χ0v) is 16.0. The highest BCUT2D eigenvalue weighted by atomic mass is 16.7. The number of unbranched alkanes of at least 4 members (excludes halogenated alkanes) is 7. The number of aliphatic hydroxyl groups is 1. The lowest BCUT2D eigenvalue weighted by molar-refractivity contribution is -0.189. The summed E-state index contributed by atoms with van der Waals surface area (Å²) in [6.07, 6.45) is 15.5. The molecule has 0 spiro atoms. The zero-order valence-electron chi connectivity index (χ0n) is 16.0. The number of benzene rings is 1. The summed E-state index contributed by atoms with van der Waals surface area (Å²) in [6.45, 7) is 2.22. The highest BCUT2D eigenvalue weighted by molar-refractivity contribution is 5.76. The van der Waals surface area contributed by atoms with Crippen molar-refractivity contribution in [3.05, 3.63) is 54.1 Å². The van der Waals surface area contributed by atoms with Crippen LogP contribution in [0.2, 0.25) is 0 Å². The number of carbonyl (C=O) groups excluding carboxylic acids is 1. The average molecular weight is 357 g/mol. The maximum atomic E-state index is 12.0. The van der Waals surface area contributed by atoms with Gasteiger partial charge in [-0.1, -0.05) is 94.4 Å². The predicted octanol–water partition coefficient (Wildman–Crippen LogP) is 5.79. The number of allylic oxidation sites excluding steroid dienone is 2. The fourth-order valence-electron chi connectivity index (χ4n) is 3.18. The Kier molecular flexibility index (Phi) is 8.63.